The SMILES string of the molecule is Fc1ccc2cc(Br)nn2c1Cl. The molecule has 0 saturated heterocycles. The van der Waals surface area contributed by atoms with Crippen LogP contribution in [0.25, 0.3) is 5.52 Å². The molecular weight excluding hydrogens is 246 g/mol. The molecule has 0 radical (unpaired) electrons. The lowest BCUT2D eigenvalue weighted by Gasteiger charge is -1.96. The Morgan fingerprint density at radius 1 is 1.50 bits per heavy atom. The third-order valence-electron chi connectivity index (χ3n) is 1.49. The summed E-state index contributed by atoms with van der Waals surface area (Å²) in [5.74, 6) is -0.472. The zero-order valence-electron chi connectivity index (χ0n) is 5.76. The van der Waals surface area contributed by atoms with Crippen molar-refractivity contribution in [3.8, 4) is 0 Å². The predicted molar refractivity (Wildman–Crippen MR) is 47.9 cm³/mol. The molecule has 12 heavy (non-hydrogen) atoms. The molecule has 0 amide bonds. The average Bonchev–Trinajstić information content (AvgIpc) is 2.39. The number of fused-ring (bicyclic) bond motifs is 1. The van der Waals surface area contributed by atoms with Gasteiger partial charge >= 0.3 is 0 Å². The van der Waals surface area contributed by atoms with E-state index < -0.39 is 5.82 Å². The van der Waals surface area contributed by atoms with Gasteiger partial charge in [-0.3, -0.25) is 0 Å². The van der Waals surface area contributed by atoms with Gasteiger partial charge in [0.2, 0.25) is 0 Å². The molecule has 0 unspecified atom stereocenters. The van der Waals surface area contributed by atoms with Crippen LogP contribution >= 0.6 is 27.5 Å². The quantitative estimate of drug-likeness (QED) is 0.656. The van der Waals surface area contributed by atoms with E-state index in [0.717, 1.165) is 5.52 Å². The van der Waals surface area contributed by atoms with Crippen LogP contribution in [0.15, 0.2) is 22.8 Å². The second-order valence-corrected chi connectivity index (χ2v) is 3.45. The molecule has 0 aliphatic carbocycles. The van der Waals surface area contributed by atoms with E-state index in [9.17, 15) is 4.39 Å². The fourth-order valence-corrected chi connectivity index (χ4v) is 1.56. The van der Waals surface area contributed by atoms with Crippen LogP contribution in [0, 0.1) is 5.82 Å². The van der Waals surface area contributed by atoms with Gasteiger partial charge in [-0.2, -0.15) is 5.10 Å². The molecular formula is C7H3BrClFN2. The summed E-state index contributed by atoms with van der Waals surface area (Å²) in [5, 5.41) is 3.93. The van der Waals surface area contributed by atoms with Gasteiger partial charge in [0, 0.05) is 0 Å². The first-order chi connectivity index (χ1) is 5.68. The molecule has 0 saturated carbocycles. The van der Waals surface area contributed by atoms with Gasteiger partial charge in [-0.05, 0) is 34.1 Å². The van der Waals surface area contributed by atoms with Gasteiger partial charge in [0.1, 0.15) is 4.60 Å². The molecule has 2 aromatic rings. The van der Waals surface area contributed by atoms with Crippen molar-refractivity contribution in [1.82, 2.24) is 9.61 Å². The zero-order valence-corrected chi connectivity index (χ0v) is 8.10. The van der Waals surface area contributed by atoms with Crippen molar-refractivity contribution in [3.63, 3.8) is 0 Å². The lowest BCUT2D eigenvalue weighted by molar-refractivity contribution is 0.615. The number of aromatic nitrogens is 2. The van der Waals surface area contributed by atoms with Gasteiger partial charge in [0.05, 0.1) is 5.52 Å². The largest absolute Gasteiger partial charge is 0.218 e. The summed E-state index contributed by atoms with van der Waals surface area (Å²) in [6.45, 7) is 0. The standard InChI is InChI=1S/C7H3BrClFN2/c8-6-3-4-1-2-5(10)7(9)12(4)11-6/h1-3H. The van der Waals surface area contributed by atoms with Gasteiger partial charge < -0.3 is 0 Å². The Bertz CT molecular complexity index is 440. The minimum absolute atomic E-state index is 0.00167. The highest BCUT2D eigenvalue weighted by Gasteiger charge is 2.06. The van der Waals surface area contributed by atoms with Crippen LogP contribution in [0.2, 0.25) is 5.15 Å². The minimum atomic E-state index is -0.472. The van der Waals surface area contributed by atoms with E-state index in [1.165, 1.54) is 10.6 Å². The molecule has 0 spiro atoms. The molecule has 0 bridgehead atoms. The Balaban J connectivity index is 2.89. The van der Waals surface area contributed by atoms with Crippen LogP contribution in [0.5, 0.6) is 0 Å². The van der Waals surface area contributed by atoms with Crippen LogP contribution in [0.3, 0.4) is 0 Å². The number of nitrogens with zero attached hydrogens (tertiary/aromatic N) is 2. The van der Waals surface area contributed by atoms with Gasteiger partial charge in [-0.25, -0.2) is 8.91 Å². The minimum Gasteiger partial charge on any atom is -0.218 e. The van der Waals surface area contributed by atoms with Crippen molar-refractivity contribution in [3.05, 3.63) is 33.8 Å². The number of hydrogen-bond donors (Lipinski definition) is 0. The second-order valence-electron chi connectivity index (χ2n) is 2.28. The van der Waals surface area contributed by atoms with E-state index in [2.05, 4.69) is 21.0 Å². The van der Waals surface area contributed by atoms with Crippen molar-refractivity contribution in [2.45, 2.75) is 0 Å². The van der Waals surface area contributed by atoms with E-state index in [1.54, 1.807) is 12.1 Å². The maximum atomic E-state index is 12.8. The Morgan fingerprint density at radius 2 is 2.25 bits per heavy atom. The molecule has 5 heteroatoms. The molecule has 0 aromatic carbocycles. The highest BCUT2D eigenvalue weighted by atomic mass is 79.9. The van der Waals surface area contributed by atoms with E-state index in [1.807, 2.05) is 0 Å². The molecule has 2 heterocycles. The van der Waals surface area contributed by atoms with E-state index in [0.29, 0.717) is 4.60 Å². The summed E-state index contributed by atoms with van der Waals surface area (Å²) in [6, 6.07) is 4.68. The summed E-state index contributed by atoms with van der Waals surface area (Å²) in [7, 11) is 0. The summed E-state index contributed by atoms with van der Waals surface area (Å²) >= 11 is 8.81. The molecule has 2 aromatic heterocycles. The molecule has 0 N–H and O–H groups in total. The van der Waals surface area contributed by atoms with Crippen LogP contribution in [0.1, 0.15) is 0 Å². The first kappa shape index (κ1) is 8.01. The Hall–Kier alpha value is -0.610. The normalized spacial score (nSPS) is 10.9. The average molecular weight is 249 g/mol. The third kappa shape index (κ3) is 1.11. The molecule has 2 rings (SSSR count). The van der Waals surface area contributed by atoms with Crippen LogP contribution in [-0.2, 0) is 0 Å². The molecule has 2 nitrogen and oxygen atoms in total. The Morgan fingerprint density at radius 3 is 3.00 bits per heavy atom. The van der Waals surface area contributed by atoms with E-state index in [4.69, 9.17) is 11.6 Å². The smallest absolute Gasteiger partial charge is 0.166 e. The molecule has 0 aliphatic heterocycles. The lowest BCUT2D eigenvalue weighted by Crippen LogP contribution is -1.91. The Labute approximate surface area is 81.1 Å². The van der Waals surface area contributed by atoms with Gasteiger partial charge in [0.15, 0.2) is 11.0 Å². The first-order valence-electron chi connectivity index (χ1n) is 3.18. The lowest BCUT2D eigenvalue weighted by atomic mass is 10.4. The fraction of sp³-hybridized carbons (Fsp3) is 0. The first-order valence-corrected chi connectivity index (χ1v) is 4.35. The molecule has 0 atom stereocenters. The maximum Gasteiger partial charge on any atom is 0.166 e. The maximum absolute atomic E-state index is 12.8. The highest BCUT2D eigenvalue weighted by molar-refractivity contribution is 9.10. The van der Waals surface area contributed by atoms with E-state index >= 15 is 0 Å². The van der Waals surface area contributed by atoms with Crippen molar-refractivity contribution >= 4 is 33.0 Å². The van der Waals surface area contributed by atoms with Crippen molar-refractivity contribution < 1.29 is 4.39 Å². The van der Waals surface area contributed by atoms with E-state index in [-0.39, 0.29) is 5.15 Å². The number of pyridine rings is 1. The van der Waals surface area contributed by atoms with Crippen LogP contribution in [0.4, 0.5) is 4.39 Å². The number of rotatable bonds is 0. The van der Waals surface area contributed by atoms with Gasteiger partial charge in [-0.1, -0.05) is 11.6 Å². The van der Waals surface area contributed by atoms with Gasteiger partial charge in [0.25, 0.3) is 0 Å². The van der Waals surface area contributed by atoms with Crippen molar-refractivity contribution in [2.75, 3.05) is 0 Å². The summed E-state index contributed by atoms with van der Waals surface area (Å²) in [4.78, 5) is 0. The molecule has 0 aliphatic rings. The predicted octanol–water partition coefficient (Wildman–Crippen LogP) is 2.89. The topological polar surface area (TPSA) is 17.3 Å². The fourth-order valence-electron chi connectivity index (χ4n) is 0.970. The zero-order chi connectivity index (χ0) is 8.72. The monoisotopic (exact) mass is 248 g/mol. The van der Waals surface area contributed by atoms with Crippen molar-refractivity contribution in [2.24, 2.45) is 0 Å². The molecule has 0 fully saturated rings. The summed E-state index contributed by atoms with van der Waals surface area (Å²) < 4.78 is 14.8. The summed E-state index contributed by atoms with van der Waals surface area (Å²) in [6.07, 6.45) is 0. The second kappa shape index (κ2) is 2.71. The van der Waals surface area contributed by atoms with Crippen LogP contribution in [-0.4, -0.2) is 9.61 Å². The van der Waals surface area contributed by atoms with Gasteiger partial charge in [-0.15, -0.1) is 0 Å². The number of halogens is 3. The molecule has 62 valence electrons. The number of hydrogen-bond acceptors (Lipinski definition) is 1. The summed E-state index contributed by atoms with van der Waals surface area (Å²) in [5.41, 5.74) is 0.758. The third-order valence-corrected chi connectivity index (χ3v) is 2.22. The van der Waals surface area contributed by atoms with Crippen molar-refractivity contribution in [1.29, 1.82) is 0 Å². The van der Waals surface area contributed by atoms with Crippen LogP contribution < -0.4 is 0 Å². The highest BCUT2D eigenvalue weighted by Crippen LogP contribution is 2.19. The Kier molecular flexibility index (Phi) is 1.81.